The van der Waals surface area contributed by atoms with E-state index in [1.165, 1.54) is 28.3 Å². The average Bonchev–Trinajstić information content (AvgIpc) is 3.38. The van der Waals surface area contributed by atoms with E-state index >= 15 is 0 Å². The topological polar surface area (TPSA) is 82.1 Å². The maximum Gasteiger partial charge on any atom is 0.203 e. The van der Waals surface area contributed by atoms with E-state index in [1.54, 1.807) is 36.4 Å². The van der Waals surface area contributed by atoms with E-state index in [0.717, 1.165) is 16.8 Å². The SMILES string of the molecule is COc1cc([C@H]2[C@H](C(C)=O)N3c4cc(C)ccc4C=CC3C23C(=O)c2ccccc2C3=O)cc(OC)c1OC. The highest BCUT2D eigenvalue weighted by Gasteiger charge is 2.71. The molecule has 2 heterocycles. The normalized spacial score (nSPS) is 22.0. The van der Waals surface area contributed by atoms with Crippen molar-refractivity contribution in [3.63, 3.8) is 0 Å². The number of rotatable bonds is 5. The number of aryl methyl sites for hydroxylation is 1. The van der Waals surface area contributed by atoms with Crippen molar-refractivity contribution in [1.29, 1.82) is 0 Å². The molecule has 0 saturated carbocycles. The summed E-state index contributed by atoms with van der Waals surface area (Å²) >= 11 is 0. The van der Waals surface area contributed by atoms with Crippen LogP contribution in [0.4, 0.5) is 5.69 Å². The van der Waals surface area contributed by atoms with E-state index in [1.807, 2.05) is 42.2 Å². The van der Waals surface area contributed by atoms with Crippen LogP contribution in [0.5, 0.6) is 17.2 Å². The van der Waals surface area contributed by atoms with Crippen molar-refractivity contribution in [2.24, 2.45) is 5.41 Å². The molecule has 1 aliphatic carbocycles. The second kappa shape index (κ2) is 8.83. The fourth-order valence-corrected chi connectivity index (χ4v) is 6.88. The summed E-state index contributed by atoms with van der Waals surface area (Å²) in [5, 5.41) is 0. The standard InChI is InChI=1S/C32H29NO6/c1-17-10-11-19-12-13-26-32(30(35)21-8-6-7-9-22(21)31(32)36)27(28(18(2)34)33(26)23(19)14-17)20-15-24(37-3)29(39-5)25(16-20)38-4/h6-16,26-28H,1-5H3/t26?,27-,28-/m0/s1. The number of nitrogens with zero attached hydrogens (tertiary/aromatic N) is 1. The molecule has 3 aromatic carbocycles. The number of fused-ring (bicyclic) bond motifs is 5. The molecule has 0 radical (unpaired) electrons. The molecule has 3 atom stereocenters. The minimum atomic E-state index is -1.57. The molecular weight excluding hydrogens is 494 g/mol. The van der Waals surface area contributed by atoms with Gasteiger partial charge in [-0.15, -0.1) is 0 Å². The molecule has 0 N–H and O–H groups in total. The molecule has 0 amide bonds. The van der Waals surface area contributed by atoms with Crippen molar-refractivity contribution in [3.05, 3.63) is 88.5 Å². The maximum absolute atomic E-state index is 14.6. The van der Waals surface area contributed by atoms with Crippen LogP contribution in [0.1, 0.15) is 50.2 Å². The molecule has 3 aliphatic rings. The minimum absolute atomic E-state index is 0.144. The van der Waals surface area contributed by atoms with E-state index in [9.17, 15) is 14.4 Å². The zero-order valence-electron chi connectivity index (χ0n) is 22.5. The fraction of sp³-hybridized carbons (Fsp3) is 0.281. The van der Waals surface area contributed by atoms with Crippen LogP contribution >= 0.6 is 0 Å². The Morgan fingerprint density at radius 1 is 0.872 bits per heavy atom. The number of methoxy groups -OCH3 is 3. The van der Waals surface area contributed by atoms with Gasteiger partial charge in [-0.3, -0.25) is 14.4 Å². The first-order chi connectivity index (χ1) is 18.8. The predicted octanol–water partition coefficient (Wildman–Crippen LogP) is 5.04. The van der Waals surface area contributed by atoms with Crippen LogP contribution in [0.3, 0.4) is 0 Å². The third kappa shape index (κ3) is 3.19. The molecule has 1 fully saturated rings. The summed E-state index contributed by atoms with van der Waals surface area (Å²) in [6, 6.07) is 15.0. The summed E-state index contributed by atoms with van der Waals surface area (Å²) in [6.07, 6.45) is 3.86. The van der Waals surface area contributed by atoms with Gasteiger partial charge in [0.25, 0.3) is 0 Å². The van der Waals surface area contributed by atoms with Crippen LogP contribution in [0.25, 0.3) is 6.08 Å². The molecule has 1 saturated heterocycles. The van der Waals surface area contributed by atoms with Gasteiger partial charge < -0.3 is 19.1 Å². The van der Waals surface area contributed by atoms with Crippen LogP contribution < -0.4 is 19.1 Å². The van der Waals surface area contributed by atoms with Crippen molar-refractivity contribution >= 4 is 29.1 Å². The number of carbonyl (C=O) groups is 3. The molecule has 1 spiro atoms. The molecule has 3 aromatic rings. The number of benzene rings is 3. The molecule has 0 bridgehead atoms. The smallest absolute Gasteiger partial charge is 0.203 e. The van der Waals surface area contributed by atoms with Crippen molar-refractivity contribution in [2.75, 3.05) is 26.2 Å². The lowest BCUT2D eigenvalue weighted by atomic mass is 9.64. The van der Waals surface area contributed by atoms with Gasteiger partial charge in [-0.1, -0.05) is 48.6 Å². The van der Waals surface area contributed by atoms with Gasteiger partial charge in [0, 0.05) is 22.7 Å². The quantitative estimate of drug-likeness (QED) is 0.433. The zero-order valence-corrected chi connectivity index (χ0v) is 22.5. The summed E-state index contributed by atoms with van der Waals surface area (Å²) in [5.41, 5.74) is 2.56. The van der Waals surface area contributed by atoms with Gasteiger partial charge in [0.2, 0.25) is 5.75 Å². The van der Waals surface area contributed by atoms with Gasteiger partial charge in [-0.05, 0) is 48.7 Å². The molecule has 0 aromatic heterocycles. The van der Waals surface area contributed by atoms with E-state index in [-0.39, 0.29) is 17.3 Å². The summed E-state index contributed by atoms with van der Waals surface area (Å²) < 4.78 is 16.8. The van der Waals surface area contributed by atoms with Gasteiger partial charge in [-0.2, -0.15) is 0 Å². The minimum Gasteiger partial charge on any atom is -0.493 e. The molecule has 7 heteroatoms. The van der Waals surface area contributed by atoms with Crippen LogP contribution in [-0.4, -0.2) is 50.8 Å². The van der Waals surface area contributed by atoms with Gasteiger partial charge in [0.05, 0.1) is 33.4 Å². The lowest BCUT2D eigenvalue weighted by Gasteiger charge is -2.37. The highest BCUT2D eigenvalue weighted by atomic mass is 16.5. The summed E-state index contributed by atoms with van der Waals surface area (Å²) in [6.45, 7) is 3.51. The molecule has 198 valence electrons. The molecule has 7 nitrogen and oxygen atoms in total. The van der Waals surface area contributed by atoms with Crippen LogP contribution in [-0.2, 0) is 4.79 Å². The first-order valence-electron chi connectivity index (χ1n) is 12.9. The second-order valence-electron chi connectivity index (χ2n) is 10.3. The molecule has 39 heavy (non-hydrogen) atoms. The van der Waals surface area contributed by atoms with E-state index in [4.69, 9.17) is 14.2 Å². The monoisotopic (exact) mass is 523 g/mol. The predicted molar refractivity (Wildman–Crippen MR) is 147 cm³/mol. The summed E-state index contributed by atoms with van der Waals surface area (Å²) in [4.78, 5) is 44.8. The Kier molecular flexibility index (Phi) is 5.64. The Hall–Kier alpha value is -4.39. The lowest BCUT2D eigenvalue weighted by Crippen LogP contribution is -2.48. The van der Waals surface area contributed by atoms with Crippen molar-refractivity contribution in [2.45, 2.75) is 31.8 Å². The Balaban J connectivity index is 1.70. The Labute approximate surface area is 227 Å². The van der Waals surface area contributed by atoms with Crippen molar-refractivity contribution < 1.29 is 28.6 Å². The first kappa shape index (κ1) is 24.9. The van der Waals surface area contributed by atoms with Crippen LogP contribution in [0.15, 0.2) is 60.7 Å². The second-order valence-corrected chi connectivity index (χ2v) is 10.3. The van der Waals surface area contributed by atoms with Gasteiger partial charge in [0.15, 0.2) is 28.8 Å². The Morgan fingerprint density at radius 2 is 1.49 bits per heavy atom. The summed E-state index contributed by atoms with van der Waals surface area (Å²) in [5.74, 6) is -0.358. The number of ketones is 3. The highest BCUT2D eigenvalue weighted by Crippen LogP contribution is 2.61. The number of hydrogen-bond acceptors (Lipinski definition) is 7. The number of anilines is 1. The summed E-state index contributed by atoms with van der Waals surface area (Å²) in [7, 11) is 4.54. The van der Waals surface area contributed by atoms with Crippen LogP contribution in [0, 0.1) is 12.3 Å². The average molecular weight is 524 g/mol. The molecule has 6 rings (SSSR count). The number of ether oxygens (including phenoxy) is 3. The third-order valence-corrected chi connectivity index (χ3v) is 8.42. The fourth-order valence-electron chi connectivity index (χ4n) is 6.88. The third-order valence-electron chi connectivity index (χ3n) is 8.42. The highest BCUT2D eigenvalue weighted by molar-refractivity contribution is 6.32. The van der Waals surface area contributed by atoms with Crippen LogP contribution in [0.2, 0.25) is 0 Å². The zero-order chi connectivity index (χ0) is 27.6. The molecule has 2 aliphatic heterocycles. The van der Waals surface area contributed by atoms with E-state index in [2.05, 4.69) is 0 Å². The Bertz CT molecular complexity index is 1530. The van der Waals surface area contributed by atoms with Crippen molar-refractivity contribution in [1.82, 2.24) is 0 Å². The van der Waals surface area contributed by atoms with E-state index in [0.29, 0.717) is 33.9 Å². The number of carbonyl (C=O) groups excluding carboxylic acids is 3. The molecule has 1 unspecified atom stereocenters. The first-order valence-corrected chi connectivity index (χ1v) is 12.9. The van der Waals surface area contributed by atoms with Gasteiger partial charge in [-0.25, -0.2) is 0 Å². The molecular formula is C32H29NO6. The maximum atomic E-state index is 14.6. The Morgan fingerprint density at radius 3 is 2.03 bits per heavy atom. The van der Waals surface area contributed by atoms with E-state index < -0.39 is 23.4 Å². The number of Topliss-reactive ketones (excluding diaryl/α,β-unsaturated/α-hetero) is 3. The van der Waals surface area contributed by atoms with Crippen molar-refractivity contribution in [3.8, 4) is 17.2 Å². The largest absolute Gasteiger partial charge is 0.493 e. The van der Waals surface area contributed by atoms with Gasteiger partial charge >= 0.3 is 0 Å². The van der Waals surface area contributed by atoms with Gasteiger partial charge in [0.1, 0.15) is 5.41 Å². The number of hydrogen-bond donors (Lipinski definition) is 0. The lowest BCUT2D eigenvalue weighted by molar-refractivity contribution is -0.118.